The molecule has 2 rings (SSSR count). The van der Waals surface area contributed by atoms with E-state index in [-0.39, 0.29) is 18.8 Å². The van der Waals surface area contributed by atoms with Crippen molar-refractivity contribution in [2.45, 2.75) is 32.2 Å². The second-order valence-corrected chi connectivity index (χ2v) is 3.60. The third kappa shape index (κ3) is 2.80. The zero-order chi connectivity index (χ0) is 11.4. The largest absolute Gasteiger partial charge is 0.433 e. The van der Waals surface area contributed by atoms with Gasteiger partial charge in [-0.3, -0.25) is 10.1 Å². The van der Waals surface area contributed by atoms with Crippen molar-refractivity contribution in [3.05, 3.63) is 28.0 Å². The molecule has 6 heteroatoms. The molecule has 0 aliphatic carbocycles. The summed E-state index contributed by atoms with van der Waals surface area (Å²) < 4.78 is 15.7. The van der Waals surface area contributed by atoms with Gasteiger partial charge in [-0.05, 0) is 25.3 Å². The Hall–Kier alpha value is -1.40. The number of hydrogen-bond acceptors (Lipinski definition) is 5. The maximum absolute atomic E-state index is 10.4. The Kier molecular flexibility index (Phi) is 3.53. The van der Waals surface area contributed by atoms with Crippen LogP contribution in [0, 0.1) is 10.1 Å². The van der Waals surface area contributed by atoms with Crippen LogP contribution in [0.25, 0.3) is 0 Å². The first-order valence-electron chi connectivity index (χ1n) is 5.22. The average molecular weight is 227 g/mol. The highest BCUT2D eigenvalue weighted by atomic mass is 16.7. The van der Waals surface area contributed by atoms with Crippen LogP contribution >= 0.6 is 0 Å². The third-order valence-electron chi connectivity index (χ3n) is 2.38. The van der Waals surface area contributed by atoms with Gasteiger partial charge in [0.15, 0.2) is 6.29 Å². The molecule has 0 spiro atoms. The van der Waals surface area contributed by atoms with Crippen molar-refractivity contribution in [3.8, 4) is 0 Å². The first kappa shape index (κ1) is 11.1. The Balaban J connectivity index is 1.81. The molecule has 1 aliphatic rings. The number of hydrogen-bond donors (Lipinski definition) is 0. The summed E-state index contributed by atoms with van der Waals surface area (Å²) in [6.45, 7) is 0.918. The summed E-state index contributed by atoms with van der Waals surface area (Å²) >= 11 is 0. The molecule has 0 radical (unpaired) electrons. The minimum atomic E-state index is -0.569. The van der Waals surface area contributed by atoms with Gasteiger partial charge in [-0.15, -0.1) is 0 Å². The number of ether oxygens (including phenoxy) is 2. The Bertz CT molecular complexity index is 356. The first-order valence-corrected chi connectivity index (χ1v) is 5.22. The molecule has 1 aromatic heterocycles. The van der Waals surface area contributed by atoms with E-state index in [4.69, 9.17) is 13.9 Å². The SMILES string of the molecule is O=[N+]([O-])c1ccc(CO[C@H]2CCCCO2)o1. The topological polar surface area (TPSA) is 74.7 Å². The van der Waals surface area contributed by atoms with Gasteiger partial charge in [0, 0.05) is 6.61 Å². The highest BCUT2D eigenvalue weighted by Crippen LogP contribution is 2.19. The first-order chi connectivity index (χ1) is 7.75. The molecule has 2 heterocycles. The number of nitro groups is 1. The summed E-state index contributed by atoms with van der Waals surface area (Å²) in [4.78, 5) is 9.80. The van der Waals surface area contributed by atoms with Crippen LogP contribution < -0.4 is 0 Å². The second-order valence-electron chi connectivity index (χ2n) is 3.60. The third-order valence-corrected chi connectivity index (χ3v) is 2.38. The summed E-state index contributed by atoms with van der Waals surface area (Å²) in [5.74, 6) is 0.184. The molecule has 6 nitrogen and oxygen atoms in total. The van der Waals surface area contributed by atoms with Crippen LogP contribution in [0.5, 0.6) is 0 Å². The fourth-order valence-electron chi connectivity index (χ4n) is 1.56. The van der Waals surface area contributed by atoms with E-state index in [0.717, 1.165) is 19.3 Å². The average Bonchev–Trinajstić information content (AvgIpc) is 2.76. The van der Waals surface area contributed by atoms with Crippen LogP contribution in [0.4, 0.5) is 5.88 Å². The lowest BCUT2D eigenvalue weighted by Crippen LogP contribution is -2.21. The van der Waals surface area contributed by atoms with Crippen molar-refractivity contribution in [2.24, 2.45) is 0 Å². The fourth-order valence-corrected chi connectivity index (χ4v) is 1.56. The van der Waals surface area contributed by atoms with E-state index >= 15 is 0 Å². The quantitative estimate of drug-likeness (QED) is 0.582. The van der Waals surface area contributed by atoms with Crippen molar-refractivity contribution in [3.63, 3.8) is 0 Å². The van der Waals surface area contributed by atoms with Crippen molar-refractivity contribution in [1.29, 1.82) is 0 Å². The van der Waals surface area contributed by atoms with Crippen LogP contribution in [0.3, 0.4) is 0 Å². The lowest BCUT2D eigenvalue weighted by molar-refractivity contribution is -0.402. The van der Waals surface area contributed by atoms with Crippen LogP contribution in [0.2, 0.25) is 0 Å². The molecular weight excluding hydrogens is 214 g/mol. The molecule has 0 aromatic carbocycles. The lowest BCUT2D eigenvalue weighted by Gasteiger charge is -2.21. The minimum Gasteiger partial charge on any atom is -0.403 e. The van der Waals surface area contributed by atoms with Gasteiger partial charge >= 0.3 is 5.88 Å². The zero-order valence-electron chi connectivity index (χ0n) is 8.76. The monoisotopic (exact) mass is 227 g/mol. The minimum absolute atomic E-state index is 0.207. The molecule has 1 atom stereocenters. The molecule has 0 saturated carbocycles. The smallest absolute Gasteiger partial charge is 0.403 e. The Labute approximate surface area is 92.3 Å². The molecule has 16 heavy (non-hydrogen) atoms. The molecule has 0 bridgehead atoms. The van der Waals surface area contributed by atoms with Gasteiger partial charge in [-0.25, -0.2) is 0 Å². The number of furan rings is 1. The van der Waals surface area contributed by atoms with Crippen molar-refractivity contribution < 1.29 is 18.8 Å². The standard InChI is InChI=1S/C10H13NO5/c12-11(13)9-5-4-8(16-9)7-15-10-3-1-2-6-14-10/h4-5,10H,1-3,6-7H2/t10-/m0/s1. The van der Waals surface area contributed by atoms with Crippen LogP contribution in [-0.2, 0) is 16.1 Å². The van der Waals surface area contributed by atoms with Gasteiger partial charge in [-0.1, -0.05) is 0 Å². The van der Waals surface area contributed by atoms with E-state index < -0.39 is 4.92 Å². The molecule has 1 aliphatic heterocycles. The molecular formula is C10H13NO5. The van der Waals surface area contributed by atoms with Gasteiger partial charge in [0.1, 0.15) is 17.3 Å². The molecule has 0 N–H and O–H groups in total. The zero-order valence-corrected chi connectivity index (χ0v) is 8.76. The van der Waals surface area contributed by atoms with Crippen LogP contribution in [-0.4, -0.2) is 17.8 Å². The van der Waals surface area contributed by atoms with Crippen molar-refractivity contribution in [1.82, 2.24) is 0 Å². The number of rotatable bonds is 4. The van der Waals surface area contributed by atoms with Gasteiger partial charge in [0.25, 0.3) is 0 Å². The van der Waals surface area contributed by atoms with E-state index in [1.54, 1.807) is 6.07 Å². The summed E-state index contributed by atoms with van der Waals surface area (Å²) in [7, 11) is 0. The molecule has 1 aromatic rings. The molecule has 0 amide bonds. The molecule has 1 saturated heterocycles. The maximum atomic E-state index is 10.4. The van der Waals surface area contributed by atoms with Crippen molar-refractivity contribution >= 4 is 5.88 Å². The van der Waals surface area contributed by atoms with E-state index in [1.165, 1.54) is 6.07 Å². The Morgan fingerprint density at radius 2 is 2.38 bits per heavy atom. The van der Waals surface area contributed by atoms with Crippen LogP contribution in [0.1, 0.15) is 25.0 Å². The van der Waals surface area contributed by atoms with E-state index in [2.05, 4.69) is 0 Å². The predicted molar refractivity (Wildman–Crippen MR) is 53.7 cm³/mol. The van der Waals surface area contributed by atoms with Gasteiger partial charge in [0.2, 0.25) is 0 Å². The number of nitrogens with zero attached hydrogens (tertiary/aromatic N) is 1. The Morgan fingerprint density at radius 3 is 3.00 bits per heavy atom. The van der Waals surface area contributed by atoms with Gasteiger partial charge in [-0.2, -0.15) is 0 Å². The lowest BCUT2D eigenvalue weighted by atomic mass is 10.2. The van der Waals surface area contributed by atoms with Crippen LogP contribution in [0.15, 0.2) is 16.5 Å². The van der Waals surface area contributed by atoms with E-state index in [0.29, 0.717) is 12.4 Å². The van der Waals surface area contributed by atoms with Gasteiger partial charge < -0.3 is 13.9 Å². The maximum Gasteiger partial charge on any atom is 0.433 e. The second kappa shape index (κ2) is 5.09. The highest BCUT2D eigenvalue weighted by molar-refractivity contribution is 5.17. The molecule has 0 unspecified atom stereocenters. The Morgan fingerprint density at radius 1 is 1.50 bits per heavy atom. The summed E-state index contributed by atoms with van der Waals surface area (Å²) in [6.07, 6.45) is 2.80. The predicted octanol–water partition coefficient (Wildman–Crippen LogP) is 2.23. The highest BCUT2D eigenvalue weighted by Gasteiger charge is 2.16. The summed E-state index contributed by atoms with van der Waals surface area (Å²) in [5.41, 5.74) is 0. The summed E-state index contributed by atoms with van der Waals surface area (Å²) in [5, 5.41) is 10.4. The fraction of sp³-hybridized carbons (Fsp3) is 0.600. The molecule has 88 valence electrons. The van der Waals surface area contributed by atoms with E-state index in [1.807, 2.05) is 0 Å². The normalized spacial score (nSPS) is 20.9. The summed E-state index contributed by atoms with van der Waals surface area (Å²) in [6, 6.07) is 2.86. The van der Waals surface area contributed by atoms with Gasteiger partial charge in [0.05, 0.1) is 6.07 Å². The van der Waals surface area contributed by atoms with E-state index in [9.17, 15) is 10.1 Å². The molecule has 1 fully saturated rings. The van der Waals surface area contributed by atoms with Crippen molar-refractivity contribution in [2.75, 3.05) is 6.61 Å².